The molecule has 6 nitrogen and oxygen atoms in total. The van der Waals surface area contributed by atoms with Crippen LogP contribution in [0.3, 0.4) is 0 Å². The molecule has 20 heavy (non-hydrogen) atoms. The van der Waals surface area contributed by atoms with E-state index in [0.29, 0.717) is 18.4 Å². The minimum Gasteiger partial charge on any atom is -0.489 e. The molecule has 1 amide bonds. The standard InChI is InChI=1S/C14H14N4O2/c1-9-15-14(16-10(2)19)17-18(9)12-7-8-20-13-6-4-3-5-11(12)13/h3-7H,8H2,1-2H3,(H,16,17,19). The van der Waals surface area contributed by atoms with Gasteiger partial charge in [0.25, 0.3) is 0 Å². The Hall–Kier alpha value is -2.63. The first-order valence-electron chi connectivity index (χ1n) is 6.29. The summed E-state index contributed by atoms with van der Waals surface area (Å²) in [6.45, 7) is 3.76. The molecule has 1 aromatic carbocycles. The summed E-state index contributed by atoms with van der Waals surface area (Å²) in [7, 11) is 0. The Morgan fingerprint density at radius 1 is 1.40 bits per heavy atom. The van der Waals surface area contributed by atoms with Crippen LogP contribution in [0, 0.1) is 6.92 Å². The number of ether oxygens (including phenoxy) is 1. The van der Waals surface area contributed by atoms with Gasteiger partial charge in [-0.1, -0.05) is 12.1 Å². The Kier molecular flexibility index (Phi) is 2.98. The molecule has 102 valence electrons. The zero-order chi connectivity index (χ0) is 14.1. The van der Waals surface area contributed by atoms with Crippen molar-refractivity contribution in [3.05, 3.63) is 41.7 Å². The summed E-state index contributed by atoms with van der Waals surface area (Å²) in [5.41, 5.74) is 1.87. The molecule has 0 atom stereocenters. The summed E-state index contributed by atoms with van der Waals surface area (Å²) in [5, 5.41) is 6.91. The number of hydrogen-bond acceptors (Lipinski definition) is 4. The Balaban J connectivity index is 2.03. The molecular formula is C14H14N4O2. The average Bonchev–Trinajstić information content (AvgIpc) is 2.78. The Morgan fingerprint density at radius 3 is 3.00 bits per heavy atom. The number of hydrogen-bond donors (Lipinski definition) is 1. The van der Waals surface area contributed by atoms with E-state index in [-0.39, 0.29) is 5.91 Å². The molecule has 0 saturated carbocycles. The molecule has 3 rings (SSSR count). The van der Waals surface area contributed by atoms with Gasteiger partial charge >= 0.3 is 0 Å². The molecule has 2 heterocycles. The van der Waals surface area contributed by atoms with E-state index in [4.69, 9.17) is 4.74 Å². The van der Waals surface area contributed by atoms with Gasteiger partial charge in [0.1, 0.15) is 18.2 Å². The normalized spacial score (nSPS) is 13.2. The number of carbonyl (C=O) groups is 1. The number of para-hydroxylation sites is 1. The molecule has 0 spiro atoms. The van der Waals surface area contributed by atoms with E-state index < -0.39 is 0 Å². The number of carbonyl (C=O) groups excluding carboxylic acids is 1. The van der Waals surface area contributed by atoms with Crippen molar-refractivity contribution in [3.63, 3.8) is 0 Å². The SMILES string of the molecule is CC(=O)Nc1nc(C)n(C2=CCOc3ccccc32)n1. The van der Waals surface area contributed by atoms with Crippen LogP contribution >= 0.6 is 0 Å². The molecule has 1 aromatic heterocycles. The maximum Gasteiger partial charge on any atom is 0.249 e. The maximum absolute atomic E-state index is 11.1. The van der Waals surface area contributed by atoms with Gasteiger partial charge in [-0.05, 0) is 25.1 Å². The van der Waals surface area contributed by atoms with Gasteiger partial charge in [-0.2, -0.15) is 4.98 Å². The van der Waals surface area contributed by atoms with Crippen LogP contribution in [0.2, 0.25) is 0 Å². The average molecular weight is 270 g/mol. The van der Waals surface area contributed by atoms with Crippen molar-refractivity contribution in [2.45, 2.75) is 13.8 Å². The van der Waals surface area contributed by atoms with E-state index in [2.05, 4.69) is 15.4 Å². The van der Waals surface area contributed by atoms with Crippen molar-refractivity contribution >= 4 is 17.6 Å². The van der Waals surface area contributed by atoms with Gasteiger partial charge in [0, 0.05) is 12.5 Å². The molecule has 6 heteroatoms. The number of anilines is 1. The molecule has 0 radical (unpaired) electrons. The number of aryl methyl sites for hydroxylation is 1. The van der Waals surface area contributed by atoms with Crippen LogP contribution in [-0.4, -0.2) is 27.3 Å². The van der Waals surface area contributed by atoms with E-state index in [1.54, 1.807) is 4.68 Å². The van der Waals surface area contributed by atoms with E-state index in [1.807, 2.05) is 37.3 Å². The van der Waals surface area contributed by atoms with Gasteiger partial charge in [0.2, 0.25) is 11.9 Å². The van der Waals surface area contributed by atoms with Crippen molar-refractivity contribution in [2.75, 3.05) is 11.9 Å². The minimum atomic E-state index is -0.191. The van der Waals surface area contributed by atoms with Crippen LogP contribution in [0.25, 0.3) is 5.70 Å². The number of rotatable bonds is 2. The molecule has 0 unspecified atom stereocenters. The van der Waals surface area contributed by atoms with Gasteiger partial charge in [-0.25, -0.2) is 4.68 Å². The van der Waals surface area contributed by atoms with Gasteiger partial charge < -0.3 is 4.74 Å². The lowest BCUT2D eigenvalue weighted by atomic mass is 10.1. The highest BCUT2D eigenvalue weighted by molar-refractivity contribution is 5.86. The van der Waals surface area contributed by atoms with Crippen molar-refractivity contribution in [3.8, 4) is 5.75 Å². The van der Waals surface area contributed by atoms with Gasteiger partial charge in [-0.15, -0.1) is 5.10 Å². The van der Waals surface area contributed by atoms with Crippen LogP contribution in [0.1, 0.15) is 18.3 Å². The van der Waals surface area contributed by atoms with E-state index in [0.717, 1.165) is 17.0 Å². The molecule has 0 fully saturated rings. The first-order chi connectivity index (χ1) is 9.65. The Bertz CT molecular complexity index is 703. The second-order valence-electron chi connectivity index (χ2n) is 4.47. The lowest BCUT2D eigenvalue weighted by Crippen LogP contribution is -2.12. The fourth-order valence-corrected chi connectivity index (χ4v) is 2.15. The maximum atomic E-state index is 11.1. The highest BCUT2D eigenvalue weighted by Gasteiger charge is 2.18. The van der Waals surface area contributed by atoms with Crippen LogP contribution in [0.5, 0.6) is 5.75 Å². The third kappa shape index (κ3) is 2.16. The summed E-state index contributed by atoms with van der Waals surface area (Å²) in [5.74, 6) is 1.64. The highest BCUT2D eigenvalue weighted by Crippen LogP contribution is 2.30. The molecule has 1 aliphatic rings. The summed E-state index contributed by atoms with van der Waals surface area (Å²) >= 11 is 0. The predicted molar refractivity (Wildman–Crippen MR) is 74.4 cm³/mol. The van der Waals surface area contributed by atoms with Crippen molar-refractivity contribution in [2.24, 2.45) is 0 Å². The second-order valence-corrected chi connectivity index (χ2v) is 4.47. The Labute approximate surface area is 116 Å². The molecule has 0 saturated heterocycles. The fraction of sp³-hybridized carbons (Fsp3) is 0.214. The van der Waals surface area contributed by atoms with Crippen LogP contribution in [0.4, 0.5) is 5.95 Å². The van der Waals surface area contributed by atoms with Gasteiger partial charge in [-0.3, -0.25) is 10.1 Å². The summed E-state index contributed by atoms with van der Waals surface area (Å²) in [6, 6.07) is 7.77. The number of fused-ring (bicyclic) bond motifs is 1. The zero-order valence-corrected chi connectivity index (χ0v) is 11.3. The van der Waals surface area contributed by atoms with Crippen LogP contribution in [-0.2, 0) is 4.79 Å². The van der Waals surface area contributed by atoms with E-state index in [9.17, 15) is 4.79 Å². The summed E-state index contributed by atoms with van der Waals surface area (Å²) in [6.07, 6.45) is 1.95. The summed E-state index contributed by atoms with van der Waals surface area (Å²) < 4.78 is 7.29. The van der Waals surface area contributed by atoms with Gasteiger partial charge in [0.05, 0.1) is 5.70 Å². The first-order valence-corrected chi connectivity index (χ1v) is 6.29. The first kappa shape index (κ1) is 12.4. The number of amides is 1. The lowest BCUT2D eigenvalue weighted by molar-refractivity contribution is -0.114. The van der Waals surface area contributed by atoms with E-state index in [1.165, 1.54) is 6.92 Å². The van der Waals surface area contributed by atoms with Gasteiger partial charge in [0.15, 0.2) is 0 Å². The van der Waals surface area contributed by atoms with Crippen molar-refractivity contribution in [1.82, 2.24) is 14.8 Å². The lowest BCUT2D eigenvalue weighted by Gasteiger charge is -2.18. The number of nitrogens with one attached hydrogen (secondary N) is 1. The fourth-order valence-electron chi connectivity index (χ4n) is 2.15. The van der Waals surface area contributed by atoms with Crippen molar-refractivity contribution in [1.29, 1.82) is 0 Å². The molecule has 2 aromatic rings. The summed E-state index contributed by atoms with van der Waals surface area (Å²) in [4.78, 5) is 15.3. The largest absolute Gasteiger partial charge is 0.489 e. The molecule has 1 N–H and O–H groups in total. The third-order valence-corrected chi connectivity index (χ3v) is 2.96. The second kappa shape index (κ2) is 4.80. The molecule has 0 bridgehead atoms. The van der Waals surface area contributed by atoms with Crippen LogP contribution in [0.15, 0.2) is 30.3 Å². The zero-order valence-electron chi connectivity index (χ0n) is 11.3. The third-order valence-electron chi connectivity index (χ3n) is 2.96. The predicted octanol–water partition coefficient (Wildman–Crippen LogP) is 1.83. The topological polar surface area (TPSA) is 69.0 Å². The Morgan fingerprint density at radius 2 is 2.20 bits per heavy atom. The number of benzene rings is 1. The number of aromatic nitrogens is 3. The molecule has 0 aliphatic carbocycles. The monoisotopic (exact) mass is 270 g/mol. The minimum absolute atomic E-state index is 0.191. The quantitative estimate of drug-likeness (QED) is 0.903. The molecule has 1 aliphatic heterocycles. The van der Waals surface area contributed by atoms with Crippen molar-refractivity contribution < 1.29 is 9.53 Å². The smallest absolute Gasteiger partial charge is 0.249 e. The molecular weight excluding hydrogens is 256 g/mol. The highest BCUT2D eigenvalue weighted by atomic mass is 16.5. The number of nitrogens with zero attached hydrogens (tertiary/aromatic N) is 3. The van der Waals surface area contributed by atoms with E-state index >= 15 is 0 Å². The van der Waals surface area contributed by atoms with Crippen LogP contribution < -0.4 is 10.1 Å².